The Bertz CT molecular complexity index is 348. The molecule has 0 saturated carbocycles. The molecule has 2 unspecified atom stereocenters. The van der Waals surface area contributed by atoms with Gasteiger partial charge in [0, 0.05) is 0 Å². The molecule has 1 rings (SSSR count). The Labute approximate surface area is 101 Å². The summed E-state index contributed by atoms with van der Waals surface area (Å²) in [4.78, 5) is 10.3. The highest BCUT2D eigenvalue weighted by atomic mass is 19.1. The van der Waals surface area contributed by atoms with Crippen LogP contribution in [0.4, 0.5) is 4.39 Å². The zero-order valence-electron chi connectivity index (χ0n) is 10.2. The summed E-state index contributed by atoms with van der Waals surface area (Å²) in [5, 5.41) is 0. The summed E-state index contributed by atoms with van der Waals surface area (Å²) in [6, 6.07) is 5.77. The Kier molecular flexibility index (Phi) is 4.94. The molecule has 0 aromatic heterocycles. The van der Waals surface area contributed by atoms with Crippen LogP contribution in [0.25, 0.3) is 0 Å². The summed E-state index contributed by atoms with van der Waals surface area (Å²) >= 11 is 0. The first-order valence-corrected chi connectivity index (χ1v) is 5.56. The number of carbonyl (C=O) groups is 1. The van der Waals surface area contributed by atoms with Crippen LogP contribution in [-0.4, -0.2) is 18.7 Å². The van der Waals surface area contributed by atoms with Gasteiger partial charge in [0.2, 0.25) is 0 Å². The van der Waals surface area contributed by atoms with Gasteiger partial charge < -0.3 is 9.47 Å². The van der Waals surface area contributed by atoms with E-state index in [-0.39, 0.29) is 23.9 Å². The van der Waals surface area contributed by atoms with Gasteiger partial charge >= 0.3 is 0 Å². The first kappa shape index (κ1) is 13.5. The minimum Gasteiger partial charge on any atom is -0.486 e. The van der Waals surface area contributed by atoms with Gasteiger partial charge in [0.25, 0.3) is 6.47 Å². The third-order valence-corrected chi connectivity index (χ3v) is 2.48. The predicted molar refractivity (Wildman–Crippen MR) is 62.3 cm³/mol. The number of halogens is 1. The Balaban J connectivity index is 2.72. The average Bonchev–Trinajstić information content (AvgIpc) is 2.28. The molecule has 17 heavy (non-hydrogen) atoms. The molecule has 0 heterocycles. The van der Waals surface area contributed by atoms with Gasteiger partial charge in [-0.3, -0.25) is 4.79 Å². The summed E-state index contributed by atoms with van der Waals surface area (Å²) in [6.45, 7) is 6.12. The van der Waals surface area contributed by atoms with E-state index in [2.05, 4.69) is 0 Å². The normalized spacial score (nSPS) is 14.2. The molecular weight excluding hydrogens is 223 g/mol. The lowest BCUT2D eigenvalue weighted by Gasteiger charge is -2.27. The molecule has 1 aromatic carbocycles. The number of rotatable bonds is 6. The van der Waals surface area contributed by atoms with Crippen LogP contribution in [0.3, 0.4) is 0 Å². The Morgan fingerprint density at radius 1 is 1.18 bits per heavy atom. The third-order valence-electron chi connectivity index (χ3n) is 2.48. The fourth-order valence-electron chi connectivity index (χ4n) is 1.61. The molecule has 4 heteroatoms. The zero-order chi connectivity index (χ0) is 12.8. The molecule has 0 amide bonds. The first-order chi connectivity index (χ1) is 8.04. The molecule has 0 N–H and O–H groups in total. The number of benzene rings is 1. The van der Waals surface area contributed by atoms with Crippen molar-refractivity contribution in [3.63, 3.8) is 0 Å². The quantitative estimate of drug-likeness (QED) is 0.717. The maximum absolute atomic E-state index is 12.7. The molecule has 0 radical (unpaired) electrons. The van der Waals surface area contributed by atoms with Crippen LogP contribution in [0.5, 0.6) is 5.75 Å². The molecule has 0 fully saturated rings. The second-order valence-corrected chi connectivity index (χ2v) is 4.22. The number of hydrogen-bond donors (Lipinski definition) is 0. The molecule has 1 aromatic rings. The van der Waals surface area contributed by atoms with Crippen LogP contribution in [0.15, 0.2) is 24.3 Å². The molecule has 0 aliphatic rings. The average molecular weight is 240 g/mol. The second-order valence-electron chi connectivity index (χ2n) is 4.22. The van der Waals surface area contributed by atoms with Crippen LogP contribution < -0.4 is 4.74 Å². The lowest BCUT2D eigenvalue weighted by molar-refractivity contribution is -0.138. The number of ether oxygens (including phenoxy) is 2. The highest BCUT2D eigenvalue weighted by Crippen LogP contribution is 2.19. The minimum absolute atomic E-state index is 0.176. The lowest BCUT2D eigenvalue weighted by atomic mass is 10.0. The highest BCUT2D eigenvalue weighted by Gasteiger charge is 2.24. The van der Waals surface area contributed by atoms with Crippen molar-refractivity contribution >= 4 is 6.47 Å². The van der Waals surface area contributed by atoms with Crippen molar-refractivity contribution in [2.45, 2.75) is 33.0 Å². The van der Waals surface area contributed by atoms with E-state index in [1.54, 1.807) is 19.1 Å². The Morgan fingerprint density at radius 2 is 1.76 bits per heavy atom. The fraction of sp³-hybridized carbons (Fsp3) is 0.462. The van der Waals surface area contributed by atoms with Crippen molar-refractivity contribution in [3.8, 4) is 5.75 Å². The van der Waals surface area contributed by atoms with Gasteiger partial charge in [-0.15, -0.1) is 0 Å². The molecule has 0 aliphatic carbocycles. The summed E-state index contributed by atoms with van der Waals surface area (Å²) < 4.78 is 23.3. The van der Waals surface area contributed by atoms with Gasteiger partial charge in [0.1, 0.15) is 23.8 Å². The van der Waals surface area contributed by atoms with Crippen LogP contribution in [-0.2, 0) is 9.53 Å². The number of carbonyl (C=O) groups excluding carboxylic acids is 1. The van der Waals surface area contributed by atoms with E-state index in [4.69, 9.17) is 9.47 Å². The monoisotopic (exact) mass is 240 g/mol. The van der Waals surface area contributed by atoms with Crippen molar-refractivity contribution in [2.75, 3.05) is 0 Å². The van der Waals surface area contributed by atoms with Gasteiger partial charge in [0.05, 0.1) is 0 Å². The maximum Gasteiger partial charge on any atom is 0.293 e. The van der Waals surface area contributed by atoms with Gasteiger partial charge in [-0.25, -0.2) is 4.39 Å². The summed E-state index contributed by atoms with van der Waals surface area (Å²) in [5.41, 5.74) is 0. The van der Waals surface area contributed by atoms with Crippen LogP contribution in [0.2, 0.25) is 0 Å². The Hall–Kier alpha value is -1.58. The molecule has 0 spiro atoms. The fourth-order valence-corrected chi connectivity index (χ4v) is 1.61. The summed E-state index contributed by atoms with van der Waals surface area (Å²) in [7, 11) is 0. The molecule has 3 nitrogen and oxygen atoms in total. The van der Waals surface area contributed by atoms with Gasteiger partial charge in [-0.05, 0) is 37.1 Å². The van der Waals surface area contributed by atoms with E-state index < -0.39 is 0 Å². The van der Waals surface area contributed by atoms with Crippen LogP contribution in [0, 0.1) is 11.7 Å². The molecule has 0 bridgehead atoms. The summed E-state index contributed by atoms with van der Waals surface area (Å²) in [6.07, 6.45) is -0.608. The van der Waals surface area contributed by atoms with E-state index in [0.717, 1.165) is 0 Å². The van der Waals surface area contributed by atoms with Crippen LogP contribution >= 0.6 is 0 Å². The minimum atomic E-state index is -0.349. The van der Waals surface area contributed by atoms with Crippen molar-refractivity contribution in [3.05, 3.63) is 30.1 Å². The smallest absolute Gasteiger partial charge is 0.293 e. The molecule has 94 valence electrons. The van der Waals surface area contributed by atoms with Gasteiger partial charge in [0.15, 0.2) is 0 Å². The van der Waals surface area contributed by atoms with Crippen molar-refractivity contribution in [1.82, 2.24) is 0 Å². The number of hydrogen-bond acceptors (Lipinski definition) is 3. The molecular formula is C13H17FO3. The predicted octanol–water partition coefficient (Wildman–Crippen LogP) is 2.79. The van der Waals surface area contributed by atoms with E-state index in [0.29, 0.717) is 12.2 Å². The first-order valence-electron chi connectivity index (χ1n) is 5.56. The zero-order valence-corrected chi connectivity index (χ0v) is 10.2. The Morgan fingerprint density at radius 3 is 2.24 bits per heavy atom. The van der Waals surface area contributed by atoms with Gasteiger partial charge in [-0.2, -0.15) is 0 Å². The van der Waals surface area contributed by atoms with Gasteiger partial charge in [-0.1, -0.05) is 13.8 Å². The second kappa shape index (κ2) is 6.23. The largest absolute Gasteiger partial charge is 0.486 e. The molecule has 2 atom stereocenters. The topological polar surface area (TPSA) is 35.5 Å². The standard InChI is InChI=1S/C13H17FO3/c1-9(2)13(10(3)16-8-15)17-12-6-4-11(14)5-7-12/h4-10,13H,1-3H3. The van der Waals surface area contributed by atoms with Crippen molar-refractivity contribution in [1.29, 1.82) is 0 Å². The molecule has 0 aliphatic heterocycles. The van der Waals surface area contributed by atoms with Crippen LogP contribution in [0.1, 0.15) is 20.8 Å². The van der Waals surface area contributed by atoms with E-state index in [1.807, 2.05) is 13.8 Å². The summed E-state index contributed by atoms with van der Waals surface area (Å²) in [5.74, 6) is 0.428. The van der Waals surface area contributed by atoms with E-state index in [9.17, 15) is 9.18 Å². The maximum atomic E-state index is 12.7. The van der Waals surface area contributed by atoms with E-state index in [1.165, 1.54) is 12.1 Å². The van der Waals surface area contributed by atoms with Crippen molar-refractivity contribution < 1.29 is 18.7 Å². The molecule has 0 saturated heterocycles. The third kappa shape index (κ3) is 4.06. The highest BCUT2D eigenvalue weighted by molar-refractivity contribution is 5.37. The lowest BCUT2D eigenvalue weighted by Crippen LogP contribution is -2.36. The van der Waals surface area contributed by atoms with E-state index >= 15 is 0 Å². The SMILES string of the molecule is CC(C)C(Oc1ccc(F)cc1)C(C)OC=O. The van der Waals surface area contributed by atoms with Crippen molar-refractivity contribution in [2.24, 2.45) is 5.92 Å².